The van der Waals surface area contributed by atoms with Crippen molar-refractivity contribution in [3.63, 3.8) is 0 Å². The van der Waals surface area contributed by atoms with Gasteiger partial charge in [-0.3, -0.25) is 38.4 Å². The molecule has 1 aliphatic heterocycles. The van der Waals surface area contributed by atoms with Crippen LogP contribution < -0.4 is 37.9 Å². The summed E-state index contributed by atoms with van der Waals surface area (Å²) in [5.41, 5.74) is -0.0829. The second kappa shape index (κ2) is 16.7. The van der Waals surface area contributed by atoms with Crippen molar-refractivity contribution in [2.24, 2.45) is 0 Å². The summed E-state index contributed by atoms with van der Waals surface area (Å²) in [5.74, 6) is -9.89. The van der Waals surface area contributed by atoms with E-state index in [0.29, 0.717) is 0 Å². The van der Waals surface area contributed by atoms with E-state index in [1.54, 1.807) is 0 Å². The molecule has 17 nitrogen and oxygen atoms in total. The molecule has 1 heterocycles. The van der Waals surface area contributed by atoms with Gasteiger partial charge in [0.1, 0.15) is 34.5 Å². The Labute approximate surface area is 307 Å². The molecule has 0 saturated heterocycles. The molecule has 1 aliphatic rings. The van der Waals surface area contributed by atoms with Gasteiger partial charge < -0.3 is 42.6 Å². The van der Waals surface area contributed by atoms with Gasteiger partial charge in [-0.2, -0.15) is 0 Å². The van der Waals surface area contributed by atoms with E-state index >= 15 is 0 Å². The predicted molar refractivity (Wildman–Crippen MR) is 179 cm³/mol. The number of benzene rings is 3. The minimum atomic E-state index is -1.56. The highest BCUT2D eigenvalue weighted by Crippen LogP contribution is 2.56. The Bertz CT molecular complexity index is 2030. The SMILES string of the molecule is CC(=O)Oc1cc(OC(C)=O)c([C@H]2c3c(OC(C)=O)cc(OC(C)=O)cc3O[C@H](c3ccc(OC(C)=O)c(OC(C)=O)c3)[C@H]2OC(C)=O)c(OC(C)=O)c1. The number of hydrogen-bond acceptors (Lipinski definition) is 17. The molecule has 0 radical (unpaired) electrons. The summed E-state index contributed by atoms with van der Waals surface area (Å²) in [4.78, 5) is 98.5. The largest absolute Gasteiger partial charge is 0.481 e. The van der Waals surface area contributed by atoms with Crippen LogP contribution in [0.5, 0.6) is 46.0 Å². The molecule has 284 valence electrons. The lowest BCUT2D eigenvalue weighted by molar-refractivity contribution is -0.154. The van der Waals surface area contributed by atoms with E-state index in [9.17, 15) is 38.4 Å². The van der Waals surface area contributed by atoms with Gasteiger partial charge in [0.2, 0.25) is 0 Å². The molecular formula is C37H34O17. The van der Waals surface area contributed by atoms with E-state index in [2.05, 4.69) is 0 Å². The summed E-state index contributed by atoms with van der Waals surface area (Å²) in [6.45, 7) is 8.75. The molecule has 54 heavy (non-hydrogen) atoms. The number of fused-ring (bicyclic) bond motifs is 1. The molecule has 0 fully saturated rings. The number of esters is 8. The Morgan fingerprint density at radius 1 is 0.444 bits per heavy atom. The van der Waals surface area contributed by atoms with Crippen LogP contribution in [0.1, 0.15) is 84.1 Å². The zero-order valence-corrected chi connectivity index (χ0v) is 30.2. The summed E-state index contributed by atoms with van der Waals surface area (Å²) in [7, 11) is 0. The lowest BCUT2D eigenvalue weighted by Crippen LogP contribution is -2.39. The molecule has 0 unspecified atom stereocenters. The first-order valence-corrected chi connectivity index (χ1v) is 16.0. The number of ether oxygens (including phenoxy) is 9. The normalized spacial score (nSPS) is 15.6. The Morgan fingerprint density at radius 3 is 1.30 bits per heavy atom. The van der Waals surface area contributed by atoms with Crippen molar-refractivity contribution in [3.05, 3.63) is 59.2 Å². The van der Waals surface area contributed by atoms with Crippen LogP contribution in [0.25, 0.3) is 0 Å². The van der Waals surface area contributed by atoms with Gasteiger partial charge >= 0.3 is 47.8 Å². The minimum absolute atomic E-state index is 0.0533. The lowest BCUT2D eigenvalue weighted by atomic mass is 9.78. The van der Waals surface area contributed by atoms with Crippen molar-refractivity contribution in [2.75, 3.05) is 0 Å². The molecule has 0 saturated carbocycles. The standard InChI is InChI=1S/C37H34O17/c1-16(38)46-25-12-29(50-20(5)42)33(30(13-25)51-21(6)43)35-34-31(52-22(7)44)14-26(47-17(2)39)15-32(34)54-36(37(35)53-23(8)45)24-9-10-27(48-18(3)40)28(11-24)49-19(4)41/h9-15,35-37H,1-8H3/t35-,36+,37-/m0/s1. The maximum absolute atomic E-state index is 12.9. The van der Waals surface area contributed by atoms with Gasteiger partial charge in [-0.15, -0.1) is 0 Å². The van der Waals surface area contributed by atoms with Gasteiger partial charge in [0, 0.05) is 96.3 Å². The van der Waals surface area contributed by atoms with Gasteiger partial charge in [-0.05, 0) is 12.1 Å². The lowest BCUT2D eigenvalue weighted by Gasteiger charge is -2.40. The van der Waals surface area contributed by atoms with Crippen LogP contribution >= 0.6 is 0 Å². The molecule has 17 heteroatoms. The second-order valence-electron chi connectivity index (χ2n) is 11.6. The number of rotatable bonds is 10. The maximum Gasteiger partial charge on any atom is 0.308 e. The molecule has 0 bridgehead atoms. The Kier molecular flexibility index (Phi) is 12.4. The molecule has 0 amide bonds. The topological polar surface area (TPSA) is 220 Å². The first-order valence-electron chi connectivity index (χ1n) is 16.0. The maximum atomic E-state index is 12.9. The van der Waals surface area contributed by atoms with E-state index in [1.165, 1.54) is 30.3 Å². The van der Waals surface area contributed by atoms with Crippen molar-refractivity contribution in [1.29, 1.82) is 0 Å². The third-order valence-corrected chi connectivity index (χ3v) is 7.05. The van der Waals surface area contributed by atoms with Crippen molar-refractivity contribution in [1.82, 2.24) is 0 Å². The van der Waals surface area contributed by atoms with Crippen LogP contribution in [0.3, 0.4) is 0 Å². The summed E-state index contributed by atoms with van der Waals surface area (Å²) in [5, 5.41) is 0. The fraction of sp³-hybridized carbons (Fsp3) is 0.297. The fourth-order valence-corrected chi connectivity index (χ4v) is 5.64. The van der Waals surface area contributed by atoms with Gasteiger partial charge in [0.15, 0.2) is 23.7 Å². The minimum Gasteiger partial charge on any atom is -0.481 e. The van der Waals surface area contributed by atoms with E-state index in [1.807, 2.05) is 0 Å². The van der Waals surface area contributed by atoms with Crippen LogP contribution in [0.2, 0.25) is 0 Å². The molecule has 0 aliphatic carbocycles. The molecule has 3 aromatic carbocycles. The zero-order valence-electron chi connectivity index (χ0n) is 30.2. The molecule has 0 spiro atoms. The summed E-state index contributed by atoms with van der Waals surface area (Å²) >= 11 is 0. The Morgan fingerprint density at radius 2 is 0.852 bits per heavy atom. The molecular weight excluding hydrogens is 716 g/mol. The van der Waals surface area contributed by atoms with Crippen molar-refractivity contribution in [2.45, 2.75) is 73.5 Å². The monoisotopic (exact) mass is 750 g/mol. The smallest absolute Gasteiger partial charge is 0.308 e. The molecule has 3 aromatic rings. The van der Waals surface area contributed by atoms with Crippen molar-refractivity contribution < 1.29 is 81.0 Å². The molecule has 0 N–H and O–H groups in total. The van der Waals surface area contributed by atoms with Crippen LogP contribution in [0.15, 0.2) is 42.5 Å². The zero-order chi connectivity index (χ0) is 40.0. The second-order valence-corrected chi connectivity index (χ2v) is 11.6. The van der Waals surface area contributed by atoms with E-state index in [-0.39, 0.29) is 62.7 Å². The molecule has 3 atom stereocenters. The van der Waals surface area contributed by atoms with Crippen LogP contribution in [0, 0.1) is 0 Å². The van der Waals surface area contributed by atoms with Gasteiger partial charge in [-0.25, -0.2) is 0 Å². The van der Waals surface area contributed by atoms with Crippen LogP contribution in [0.4, 0.5) is 0 Å². The summed E-state index contributed by atoms with van der Waals surface area (Å²) in [6.07, 6.45) is -2.98. The first kappa shape index (κ1) is 40.0. The van der Waals surface area contributed by atoms with Crippen molar-refractivity contribution >= 4 is 47.8 Å². The van der Waals surface area contributed by atoms with E-state index < -0.39 is 65.9 Å². The predicted octanol–water partition coefficient (Wildman–Crippen LogP) is 4.36. The number of hydrogen-bond donors (Lipinski definition) is 0. The van der Waals surface area contributed by atoms with Gasteiger partial charge in [0.25, 0.3) is 0 Å². The third-order valence-electron chi connectivity index (χ3n) is 7.05. The van der Waals surface area contributed by atoms with Gasteiger partial charge in [-0.1, -0.05) is 6.07 Å². The van der Waals surface area contributed by atoms with E-state index in [0.717, 1.165) is 67.5 Å². The quantitative estimate of drug-likeness (QED) is 0.207. The third kappa shape index (κ3) is 9.96. The van der Waals surface area contributed by atoms with Crippen LogP contribution in [-0.2, 0) is 43.1 Å². The van der Waals surface area contributed by atoms with Crippen molar-refractivity contribution in [3.8, 4) is 46.0 Å². The summed E-state index contributed by atoms with van der Waals surface area (Å²) in [6, 6.07) is 8.70. The Hall–Kier alpha value is -6.78. The average molecular weight is 751 g/mol. The van der Waals surface area contributed by atoms with E-state index in [4.69, 9.17) is 42.6 Å². The average Bonchev–Trinajstić information content (AvgIpc) is 3.00. The molecule has 0 aromatic heterocycles. The Balaban J connectivity index is 2.20. The highest BCUT2D eigenvalue weighted by molar-refractivity contribution is 5.79. The number of carbonyl (C=O) groups is 8. The highest BCUT2D eigenvalue weighted by atomic mass is 16.6. The molecule has 4 rings (SSSR count). The first-order chi connectivity index (χ1) is 25.3. The highest BCUT2D eigenvalue weighted by Gasteiger charge is 2.48. The number of carbonyl (C=O) groups excluding carboxylic acids is 8. The fourth-order valence-electron chi connectivity index (χ4n) is 5.64. The van der Waals surface area contributed by atoms with Crippen LogP contribution in [-0.4, -0.2) is 53.9 Å². The summed E-state index contributed by atoms with van der Waals surface area (Å²) < 4.78 is 50.2. The van der Waals surface area contributed by atoms with Gasteiger partial charge in [0.05, 0.1) is 5.92 Å².